The topological polar surface area (TPSA) is 32.3 Å². The Morgan fingerprint density at radius 3 is 2.60 bits per heavy atom. The van der Waals surface area contributed by atoms with E-state index in [1.807, 2.05) is 6.07 Å². The maximum absolute atomic E-state index is 9.02. The highest BCUT2D eigenvalue weighted by Gasteiger charge is 1.94. The molecular weight excluding hydrogens is 186 g/mol. The van der Waals surface area contributed by atoms with Crippen LogP contribution in [0.3, 0.4) is 0 Å². The van der Waals surface area contributed by atoms with Crippen LogP contribution < -0.4 is 5.32 Å². The molecular formula is C13H21NO. The molecule has 0 radical (unpaired) electrons. The lowest BCUT2D eigenvalue weighted by molar-refractivity contribution is 0.191. The van der Waals surface area contributed by atoms with E-state index in [9.17, 15) is 0 Å². The third kappa shape index (κ3) is 6.26. The second-order valence-corrected chi connectivity index (χ2v) is 4.00. The summed E-state index contributed by atoms with van der Waals surface area (Å²) in [6.45, 7) is 3.50. The number of benzene rings is 1. The Bertz CT molecular complexity index is 246. The monoisotopic (exact) mass is 207 g/mol. The SMILES string of the molecule is C[C@@H](O)CNCCCCc1ccccc1. The van der Waals surface area contributed by atoms with Gasteiger partial charge in [-0.3, -0.25) is 0 Å². The van der Waals surface area contributed by atoms with Crippen LogP contribution >= 0.6 is 0 Å². The lowest BCUT2D eigenvalue weighted by Crippen LogP contribution is -2.25. The molecule has 1 aromatic carbocycles. The van der Waals surface area contributed by atoms with Crippen molar-refractivity contribution in [2.75, 3.05) is 13.1 Å². The fraction of sp³-hybridized carbons (Fsp3) is 0.538. The number of unbranched alkanes of at least 4 members (excludes halogenated alkanes) is 1. The minimum absolute atomic E-state index is 0.237. The van der Waals surface area contributed by atoms with E-state index < -0.39 is 0 Å². The Morgan fingerprint density at radius 2 is 1.93 bits per heavy atom. The van der Waals surface area contributed by atoms with E-state index in [1.165, 1.54) is 18.4 Å². The highest BCUT2D eigenvalue weighted by Crippen LogP contribution is 2.03. The van der Waals surface area contributed by atoms with E-state index in [-0.39, 0.29) is 6.10 Å². The molecule has 0 aromatic heterocycles. The highest BCUT2D eigenvalue weighted by atomic mass is 16.3. The van der Waals surface area contributed by atoms with Gasteiger partial charge in [0, 0.05) is 6.54 Å². The summed E-state index contributed by atoms with van der Waals surface area (Å²) >= 11 is 0. The molecule has 0 spiro atoms. The summed E-state index contributed by atoms with van der Waals surface area (Å²) in [6, 6.07) is 10.6. The summed E-state index contributed by atoms with van der Waals surface area (Å²) in [5.41, 5.74) is 1.41. The van der Waals surface area contributed by atoms with Crippen molar-refractivity contribution in [1.82, 2.24) is 5.32 Å². The number of aryl methyl sites for hydroxylation is 1. The number of aliphatic hydroxyl groups excluding tert-OH is 1. The van der Waals surface area contributed by atoms with Gasteiger partial charge in [-0.05, 0) is 38.3 Å². The summed E-state index contributed by atoms with van der Waals surface area (Å²) in [7, 11) is 0. The molecule has 0 heterocycles. The summed E-state index contributed by atoms with van der Waals surface area (Å²) in [5, 5.41) is 12.2. The molecule has 1 atom stereocenters. The number of nitrogens with one attached hydrogen (secondary N) is 1. The first-order valence-corrected chi connectivity index (χ1v) is 5.72. The molecule has 1 aromatic rings. The Kier molecular flexibility index (Phi) is 6.05. The molecule has 84 valence electrons. The van der Waals surface area contributed by atoms with Gasteiger partial charge >= 0.3 is 0 Å². The molecule has 0 bridgehead atoms. The average molecular weight is 207 g/mol. The van der Waals surface area contributed by atoms with Crippen LogP contribution in [0.1, 0.15) is 25.3 Å². The summed E-state index contributed by atoms with van der Waals surface area (Å²) in [4.78, 5) is 0. The second-order valence-electron chi connectivity index (χ2n) is 4.00. The molecule has 0 aliphatic heterocycles. The van der Waals surface area contributed by atoms with Gasteiger partial charge in [-0.2, -0.15) is 0 Å². The molecule has 0 aliphatic carbocycles. The molecule has 15 heavy (non-hydrogen) atoms. The predicted molar refractivity (Wildman–Crippen MR) is 63.9 cm³/mol. The van der Waals surface area contributed by atoms with Crippen LogP contribution in [-0.4, -0.2) is 24.3 Å². The van der Waals surface area contributed by atoms with Crippen LogP contribution in [-0.2, 0) is 6.42 Å². The molecule has 2 N–H and O–H groups in total. The van der Waals surface area contributed by atoms with Gasteiger partial charge in [0.15, 0.2) is 0 Å². The van der Waals surface area contributed by atoms with Crippen molar-refractivity contribution in [1.29, 1.82) is 0 Å². The summed E-state index contributed by atoms with van der Waals surface area (Å²) in [6.07, 6.45) is 3.29. The molecule has 0 fully saturated rings. The van der Waals surface area contributed by atoms with Gasteiger partial charge in [0.05, 0.1) is 6.10 Å². The zero-order valence-electron chi connectivity index (χ0n) is 9.45. The number of hydrogen-bond donors (Lipinski definition) is 2. The van der Waals surface area contributed by atoms with Gasteiger partial charge in [0.2, 0.25) is 0 Å². The third-order valence-corrected chi connectivity index (χ3v) is 2.35. The van der Waals surface area contributed by atoms with Crippen LogP contribution in [0.5, 0.6) is 0 Å². The molecule has 0 saturated heterocycles. The molecule has 0 unspecified atom stereocenters. The van der Waals surface area contributed by atoms with E-state index in [0.717, 1.165) is 13.0 Å². The van der Waals surface area contributed by atoms with E-state index in [1.54, 1.807) is 6.92 Å². The van der Waals surface area contributed by atoms with Gasteiger partial charge in [0.1, 0.15) is 0 Å². The van der Waals surface area contributed by atoms with Gasteiger partial charge in [-0.15, -0.1) is 0 Å². The number of hydrogen-bond acceptors (Lipinski definition) is 2. The van der Waals surface area contributed by atoms with Crippen molar-refractivity contribution in [3.8, 4) is 0 Å². The Labute approximate surface area is 92.3 Å². The highest BCUT2D eigenvalue weighted by molar-refractivity contribution is 5.14. The van der Waals surface area contributed by atoms with Crippen molar-refractivity contribution in [3.63, 3.8) is 0 Å². The van der Waals surface area contributed by atoms with Gasteiger partial charge < -0.3 is 10.4 Å². The minimum atomic E-state index is -0.237. The molecule has 2 heteroatoms. The van der Waals surface area contributed by atoms with Crippen molar-refractivity contribution in [2.24, 2.45) is 0 Å². The zero-order chi connectivity index (χ0) is 10.9. The third-order valence-electron chi connectivity index (χ3n) is 2.35. The fourth-order valence-corrected chi connectivity index (χ4v) is 1.53. The molecule has 0 amide bonds. The Hall–Kier alpha value is -0.860. The van der Waals surface area contributed by atoms with E-state index in [0.29, 0.717) is 6.54 Å². The van der Waals surface area contributed by atoms with Crippen LogP contribution in [0, 0.1) is 0 Å². The molecule has 1 rings (SSSR count). The predicted octanol–water partition coefficient (Wildman–Crippen LogP) is 1.98. The van der Waals surface area contributed by atoms with Gasteiger partial charge in [-0.25, -0.2) is 0 Å². The fourth-order valence-electron chi connectivity index (χ4n) is 1.53. The standard InChI is InChI=1S/C13H21NO/c1-12(15)11-14-10-6-5-9-13-7-3-2-4-8-13/h2-4,7-8,12,14-15H,5-6,9-11H2,1H3/t12-/m1/s1. The maximum atomic E-state index is 9.02. The van der Waals surface area contributed by atoms with Gasteiger partial charge in [-0.1, -0.05) is 30.3 Å². The lowest BCUT2D eigenvalue weighted by Gasteiger charge is -2.06. The van der Waals surface area contributed by atoms with E-state index in [4.69, 9.17) is 5.11 Å². The van der Waals surface area contributed by atoms with Crippen molar-refractivity contribution in [2.45, 2.75) is 32.3 Å². The summed E-state index contributed by atoms with van der Waals surface area (Å²) in [5.74, 6) is 0. The molecule has 0 aliphatic rings. The number of aliphatic hydroxyl groups is 1. The van der Waals surface area contributed by atoms with Crippen molar-refractivity contribution < 1.29 is 5.11 Å². The van der Waals surface area contributed by atoms with Crippen LogP contribution in [0.15, 0.2) is 30.3 Å². The Morgan fingerprint density at radius 1 is 1.20 bits per heavy atom. The van der Waals surface area contributed by atoms with Crippen molar-refractivity contribution in [3.05, 3.63) is 35.9 Å². The molecule has 0 saturated carbocycles. The first-order valence-electron chi connectivity index (χ1n) is 5.72. The lowest BCUT2D eigenvalue weighted by atomic mass is 10.1. The molecule has 2 nitrogen and oxygen atoms in total. The average Bonchev–Trinajstić information content (AvgIpc) is 2.24. The van der Waals surface area contributed by atoms with E-state index >= 15 is 0 Å². The first kappa shape index (κ1) is 12.2. The first-order chi connectivity index (χ1) is 7.29. The minimum Gasteiger partial charge on any atom is -0.392 e. The summed E-state index contributed by atoms with van der Waals surface area (Å²) < 4.78 is 0. The van der Waals surface area contributed by atoms with Crippen LogP contribution in [0.25, 0.3) is 0 Å². The van der Waals surface area contributed by atoms with Crippen molar-refractivity contribution >= 4 is 0 Å². The zero-order valence-corrected chi connectivity index (χ0v) is 9.45. The normalized spacial score (nSPS) is 12.7. The quantitative estimate of drug-likeness (QED) is 0.670. The van der Waals surface area contributed by atoms with Crippen LogP contribution in [0.2, 0.25) is 0 Å². The smallest absolute Gasteiger partial charge is 0.0636 e. The second kappa shape index (κ2) is 7.43. The van der Waals surface area contributed by atoms with Crippen LogP contribution in [0.4, 0.5) is 0 Å². The Balaban J connectivity index is 1.98. The number of rotatable bonds is 7. The maximum Gasteiger partial charge on any atom is 0.0636 e. The largest absolute Gasteiger partial charge is 0.392 e. The van der Waals surface area contributed by atoms with Gasteiger partial charge in [0.25, 0.3) is 0 Å². The van der Waals surface area contributed by atoms with E-state index in [2.05, 4.69) is 29.6 Å².